The number of ether oxygens (including phenoxy) is 1. The summed E-state index contributed by atoms with van der Waals surface area (Å²) < 4.78 is 5.45. The Balaban J connectivity index is 2.20. The Kier molecular flexibility index (Phi) is 3.16. The van der Waals surface area contributed by atoms with Gasteiger partial charge in [-0.3, -0.25) is 0 Å². The highest BCUT2D eigenvalue weighted by molar-refractivity contribution is 4.79. The van der Waals surface area contributed by atoms with Crippen LogP contribution < -0.4 is 0 Å². The van der Waals surface area contributed by atoms with Crippen LogP contribution in [0.3, 0.4) is 0 Å². The molecule has 12 heavy (non-hydrogen) atoms. The van der Waals surface area contributed by atoms with Crippen LogP contribution in [0.2, 0.25) is 0 Å². The van der Waals surface area contributed by atoms with Gasteiger partial charge in [-0.05, 0) is 32.1 Å². The van der Waals surface area contributed by atoms with Gasteiger partial charge in [0, 0.05) is 7.11 Å². The van der Waals surface area contributed by atoms with Crippen LogP contribution in [0.5, 0.6) is 0 Å². The maximum atomic E-state index is 5.45. The van der Waals surface area contributed by atoms with Gasteiger partial charge in [0.25, 0.3) is 0 Å². The molecule has 1 saturated carbocycles. The Morgan fingerprint density at radius 2 is 2.00 bits per heavy atom. The summed E-state index contributed by atoms with van der Waals surface area (Å²) in [6.45, 7) is 6.67. The van der Waals surface area contributed by atoms with E-state index in [2.05, 4.69) is 20.8 Å². The van der Waals surface area contributed by atoms with Crippen molar-refractivity contribution >= 4 is 0 Å². The lowest BCUT2D eigenvalue weighted by Gasteiger charge is -2.30. The van der Waals surface area contributed by atoms with Gasteiger partial charge < -0.3 is 4.74 Å². The molecule has 0 aromatic carbocycles. The summed E-state index contributed by atoms with van der Waals surface area (Å²) in [7, 11) is 1.81. The Morgan fingerprint density at radius 3 is 2.42 bits per heavy atom. The van der Waals surface area contributed by atoms with E-state index >= 15 is 0 Å². The van der Waals surface area contributed by atoms with Gasteiger partial charge >= 0.3 is 0 Å². The van der Waals surface area contributed by atoms with E-state index in [4.69, 9.17) is 4.74 Å². The van der Waals surface area contributed by atoms with Crippen LogP contribution in [0.15, 0.2) is 0 Å². The van der Waals surface area contributed by atoms with Gasteiger partial charge in [0.1, 0.15) is 0 Å². The molecule has 1 aliphatic rings. The van der Waals surface area contributed by atoms with Crippen LogP contribution in [-0.2, 0) is 4.74 Å². The predicted octanol–water partition coefficient (Wildman–Crippen LogP) is 3.24. The van der Waals surface area contributed by atoms with Crippen molar-refractivity contribution in [2.45, 2.75) is 52.1 Å². The molecule has 0 N–H and O–H groups in total. The average molecular weight is 170 g/mol. The van der Waals surface area contributed by atoms with Crippen molar-refractivity contribution in [1.29, 1.82) is 0 Å². The summed E-state index contributed by atoms with van der Waals surface area (Å²) in [6.07, 6.45) is 5.68. The molecule has 0 radical (unpaired) electrons. The highest BCUT2D eigenvalue weighted by Gasteiger charge is 2.28. The SMILES string of the molecule is COC(C)(C)C(C)CCC1CC1. The van der Waals surface area contributed by atoms with E-state index in [9.17, 15) is 0 Å². The first-order chi connectivity index (χ1) is 5.56. The maximum absolute atomic E-state index is 5.45. The average Bonchev–Trinajstić information content (AvgIpc) is 2.83. The zero-order valence-electron chi connectivity index (χ0n) is 8.89. The third kappa shape index (κ3) is 2.78. The van der Waals surface area contributed by atoms with Crippen molar-refractivity contribution in [3.8, 4) is 0 Å². The molecule has 1 rings (SSSR count). The first-order valence-corrected chi connectivity index (χ1v) is 5.11. The summed E-state index contributed by atoms with van der Waals surface area (Å²) in [6, 6.07) is 0. The largest absolute Gasteiger partial charge is 0.379 e. The van der Waals surface area contributed by atoms with Crippen molar-refractivity contribution in [3.63, 3.8) is 0 Å². The maximum Gasteiger partial charge on any atom is 0.0648 e. The number of rotatable bonds is 5. The molecule has 0 aromatic heterocycles. The van der Waals surface area contributed by atoms with Crippen molar-refractivity contribution in [2.24, 2.45) is 11.8 Å². The van der Waals surface area contributed by atoms with E-state index in [0.717, 1.165) is 5.92 Å². The molecule has 1 heteroatoms. The van der Waals surface area contributed by atoms with E-state index in [1.807, 2.05) is 7.11 Å². The first-order valence-electron chi connectivity index (χ1n) is 5.11. The lowest BCUT2D eigenvalue weighted by Crippen LogP contribution is -2.31. The number of methoxy groups -OCH3 is 1. The van der Waals surface area contributed by atoms with Gasteiger partial charge in [-0.25, -0.2) is 0 Å². The Morgan fingerprint density at radius 1 is 1.42 bits per heavy atom. The normalized spacial score (nSPS) is 21.0. The number of hydrogen-bond donors (Lipinski definition) is 0. The first kappa shape index (κ1) is 10.0. The molecule has 0 spiro atoms. The molecule has 1 fully saturated rings. The predicted molar refractivity (Wildman–Crippen MR) is 52.2 cm³/mol. The minimum atomic E-state index is 0.0644. The summed E-state index contributed by atoms with van der Waals surface area (Å²) in [4.78, 5) is 0. The van der Waals surface area contributed by atoms with E-state index in [1.54, 1.807) is 0 Å². The third-order valence-corrected chi connectivity index (χ3v) is 3.42. The topological polar surface area (TPSA) is 9.23 Å². The van der Waals surface area contributed by atoms with Gasteiger partial charge in [-0.2, -0.15) is 0 Å². The van der Waals surface area contributed by atoms with Gasteiger partial charge in [-0.1, -0.05) is 26.2 Å². The van der Waals surface area contributed by atoms with Crippen LogP contribution in [0.4, 0.5) is 0 Å². The van der Waals surface area contributed by atoms with E-state index in [-0.39, 0.29) is 5.60 Å². The second-order valence-electron chi connectivity index (χ2n) is 4.73. The molecule has 0 heterocycles. The van der Waals surface area contributed by atoms with E-state index in [1.165, 1.54) is 25.7 Å². The molecule has 1 unspecified atom stereocenters. The van der Waals surface area contributed by atoms with Crippen molar-refractivity contribution in [2.75, 3.05) is 7.11 Å². The van der Waals surface area contributed by atoms with Crippen molar-refractivity contribution in [3.05, 3.63) is 0 Å². The third-order valence-electron chi connectivity index (χ3n) is 3.42. The minimum Gasteiger partial charge on any atom is -0.379 e. The fourth-order valence-corrected chi connectivity index (χ4v) is 1.44. The summed E-state index contributed by atoms with van der Waals surface area (Å²) in [5.41, 5.74) is 0.0644. The Labute approximate surface area is 76.5 Å². The molecule has 0 bridgehead atoms. The molecule has 1 atom stereocenters. The highest BCUT2D eigenvalue weighted by atomic mass is 16.5. The molecule has 72 valence electrons. The molecule has 0 amide bonds. The molecule has 0 saturated heterocycles. The van der Waals surface area contributed by atoms with Crippen molar-refractivity contribution < 1.29 is 4.74 Å². The van der Waals surface area contributed by atoms with Crippen LogP contribution >= 0.6 is 0 Å². The van der Waals surface area contributed by atoms with Gasteiger partial charge in [0.05, 0.1) is 5.60 Å². The lowest BCUT2D eigenvalue weighted by atomic mass is 9.88. The molecule has 0 aromatic rings. The molecule has 1 nitrogen and oxygen atoms in total. The summed E-state index contributed by atoms with van der Waals surface area (Å²) in [5.74, 6) is 1.74. The highest BCUT2D eigenvalue weighted by Crippen LogP contribution is 2.36. The summed E-state index contributed by atoms with van der Waals surface area (Å²) in [5, 5.41) is 0. The second-order valence-corrected chi connectivity index (χ2v) is 4.73. The van der Waals surface area contributed by atoms with Crippen LogP contribution in [0, 0.1) is 11.8 Å². The van der Waals surface area contributed by atoms with Crippen LogP contribution in [-0.4, -0.2) is 12.7 Å². The molecular weight excluding hydrogens is 148 g/mol. The fourth-order valence-electron chi connectivity index (χ4n) is 1.44. The molecule has 0 aliphatic heterocycles. The standard InChI is InChI=1S/C11H22O/c1-9(11(2,3)12-4)5-6-10-7-8-10/h9-10H,5-8H2,1-4H3. The minimum absolute atomic E-state index is 0.0644. The second kappa shape index (κ2) is 3.78. The quantitative estimate of drug-likeness (QED) is 0.615. The zero-order valence-corrected chi connectivity index (χ0v) is 8.89. The van der Waals surface area contributed by atoms with Gasteiger partial charge in [0.15, 0.2) is 0 Å². The smallest absolute Gasteiger partial charge is 0.0648 e. The fraction of sp³-hybridized carbons (Fsp3) is 1.00. The summed E-state index contributed by atoms with van der Waals surface area (Å²) >= 11 is 0. The zero-order chi connectivity index (χ0) is 9.19. The van der Waals surface area contributed by atoms with Crippen molar-refractivity contribution in [1.82, 2.24) is 0 Å². The van der Waals surface area contributed by atoms with Gasteiger partial charge in [0.2, 0.25) is 0 Å². The van der Waals surface area contributed by atoms with Gasteiger partial charge in [-0.15, -0.1) is 0 Å². The number of hydrogen-bond acceptors (Lipinski definition) is 1. The molecule has 1 aliphatic carbocycles. The van der Waals surface area contributed by atoms with E-state index in [0.29, 0.717) is 5.92 Å². The Bertz CT molecular complexity index is 136. The lowest BCUT2D eigenvalue weighted by molar-refractivity contribution is -0.0253. The van der Waals surface area contributed by atoms with E-state index < -0.39 is 0 Å². The molecular formula is C11H22O. The van der Waals surface area contributed by atoms with Crippen LogP contribution in [0.1, 0.15) is 46.5 Å². The van der Waals surface area contributed by atoms with Crippen LogP contribution in [0.25, 0.3) is 0 Å². The Hall–Kier alpha value is -0.0400. The monoisotopic (exact) mass is 170 g/mol.